The predicted octanol–water partition coefficient (Wildman–Crippen LogP) is -0.0678. The van der Waals surface area contributed by atoms with Crippen LogP contribution in [-0.2, 0) is 27.2 Å². The van der Waals surface area contributed by atoms with Gasteiger partial charge in [-0.3, -0.25) is 0 Å². The van der Waals surface area contributed by atoms with E-state index in [1.807, 2.05) is 0 Å². The van der Waals surface area contributed by atoms with Crippen molar-refractivity contribution < 1.29 is 45.5 Å². The molecule has 0 aliphatic carbocycles. The largest absolute Gasteiger partial charge is 1.00 e. The fraction of sp³-hybridized carbons (Fsp3) is 0.667. The molecule has 9 heavy (non-hydrogen) atoms. The summed E-state index contributed by atoms with van der Waals surface area (Å²) in [7, 11) is 0. The molecular weight excluding hydrogens is 233 g/mol. The second kappa shape index (κ2) is 10.9. The molecule has 0 aromatic heterocycles. The van der Waals surface area contributed by atoms with Gasteiger partial charge in [0.05, 0.1) is 0 Å². The molecule has 0 aliphatic rings. The zero-order chi connectivity index (χ0) is 7.15. The first kappa shape index (κ1) is 16.0. The number of carbonyl (C=O) groups is 1. The van der Waals surface area contributed by atoms with Crippen LogP contribution in [0.2, 0.25) is 0 Å². The molecule has 60 valence electrons. The van der Waals surface area contributed by atoms with Crippen molar-refractivity contribution >= 4 is 5.97 Å². The summed E-state index contributed by atoms with van der Waals surface area (Å²) in [5.41, 5.74) is 0. The van der Waals surface area contributed by atoms with Crippen LogP contribution in [0.1, 0.15) is 6.92 Å². The van der Waals surface area contributed by atoms with Crippen LogP contribution in [-0.4, -0.2) is 12.6 Å². The van der Waals surface area contributed by atoms with E-state index < -0.39 is 12.6 Å². The summed E-state index contributed by atoms with van der Waals surface area (Å²) in [5.74, 6) is -1.08. The molecular formula is C3H4AgF3O2. The fourth-order valence-electron chi connectivity index (χ4n) is 0. The molecule has 0 atom stereocenters. The Morgan fingerprint density at radius 1 is 1.44 bits per heavy atom. The number of alkyl halides is 3. The zero-order valence-corrected chi connectivity index (χ0v) is 5.81. The van der Waals surface area contributed by atoms with E-state index in [0.29, 0.717) is 0 Å². The smallest absolute Gasteiger partial charge is 0.550 e. The fourth-order valence-corrected chi connectivity index (χ4v) is 0. The van der Waals surface area contributed by atoms with Gasteiger partial charge in [-0.05, 0) is 6.92 Å². The van der Waals surface area contributed by atoms with Crippen molar-refractivity contribution in [3.63, 3.8) is 0 Å². The maximum absolute atomic E-state index is 9.67. The molecule has 0 heterocycles. The van der Waals surface area contributed by atoms with Crippen molar-refractivity contribution in [2.75, 3.05) is 0 Å². The van der Waals surface area contributed by atoms with Crippen molar-refractivity contribution in [2.45, 2.75) is 13.6 Å². The third-order valence-electron chi connectivity index (χ3n) is 0. The predicted molar refractivity (Wildman–Crippen MR) is 17.8 cm³/mol. The van der Waals surface area contributed by atoms with E-state index in [4.69, 9.17) is 9.90 Å². The number of aliphatic carboxylic acids is 1. The Morgan fingerprint density at radius 2 is 1.44 bits per heavy atom. The van der Waals surface area contributed by atoms with Crippen LogP contribution in [0.3, 0.4) is 0 Å². The maximum Gasteiger partial charge on any atom is 1.00 e. The van der Waals surface area contributed by atoms with Crippen LogP contribution >= 0.6 is 0 Å². The summed E-state index contributed by atoms with van der Waals surface area (Å²) < 4.78 is 29.0. The topological polar surface area (TPSA) is 40.1 Å². The molecule has 6 heteroatoms. The second-order valence-electron chi connectivity index (χ2n) is 0.739. The molecule has 0 amide bonds. The van der Waals surface area contributed by atoms with Crippen LogP contribution < -0.4 is 5.11 Å². The van der Waals surface area contributed by atoms with E-state index in [9.17, 15) is 13.2 Å². The number of hydrogen-bond donors (Lipinski definition) is 0. The van der Waals surface area contributed by atoms with Crippen molar-refractivity contribution in [2.24, 2.45) is 0 Å². The quantitative estimate of drug-likeness (QED) is 0.553. The average Bonchev–Trinajstić information content (AvgIpc) is 1.25. The molecule has 0 radical (unpaired) electrons. The summed E-state index contributed by atoms with van der Waals surface area (Å²) >= 11 is 0. The number of hydrogen-bond acceptors (Lipinski definition) is 2. The summed E-state index contributed by atoms with van der Waals surface area (Å²) in [6, 6.07) is 0. The summed E-state index contributed by atoms with van der Waals surface area (Å²) in [4.78, 5) is 8.89. The first-order valence-electron chi connectivity index (χ1n) is 1.56. The summed E-state index contributed by atoms with van der Waals surface area (Å²) in [6.45, 7) is -2.69. The minimum absolute atomic E-state index is 0. The van der Waals surface area contributed by atoms with E-state index in [0.717, 1.165) is 6.92 Å². The van der Waals surface area contributed by atoms with Crippen LogP contribution in [0, 0.1) is 0 Å². The van der Waals surface area contributed by atoms with Crippen molar-refractivity contribution in [1.82, 2.24) is 0 Å². The Labute approximate surface area is 65.6 Å². The van der Waals surface area contributed by atoms with Gasteiger partial charge in [0.15, 0.2) is 0 Å². The molecule has 0 unspecified atom stereocenters. The number of rotatable bonds is 0. The van der Waals surface area contributed by atoms with Crippen LogP contribution in [0.15, 0.2) is 0 Å². The summed E-state index contributed by atoms with van der Waals surface area (Å²) in [6.07, 6.45) is 0. The molecule has 0 aliphatic heterocycles. The van der Waals surface area contributed by atoms with E-state index in [-0.39, 0.29) is 22.4 Å². The molecule has 0 N–H and O–H groups in total. The van der Waals surface area contributed by atoms with E-state index in [2.05, 4.69) is 0 Å². The average molecular weight is 237 g/mol. The van der Waals surface area contributed by atoms with Gasteiger partial charge in [-0.25, -0.2) is 0 Å². The van der Waals surface area contributed by atoms with Gasteiger partial charge in [-0.1, -0.05) is 0 Å². The number of halogens is 3. The first-order chi connectivity index (χ1) is 3.46. The van der Waals surface area contributed by atoms with Gasteiger partial charge in [0, 0.05) is 5.97 Å². The van der Waals surface area contributed by atoms with Gasteiger partial charge < -0.3 is 9.90 Å². The molecule has 0 rings (SSSR count). The first-order valence-corrected chi connectivity index (χ1v) is 1.56. The zero-order valence-electron chi connectivity index (χ0n) is 4.33. The van der Waals surface area contributed by atoms with Crippen LogP contribution in [0.5, 0.6) is 0 Å². The summed E-state index contributed by atoms with van der Waals surface area (Å²) in [5, 5.41) is 8.89. The third-order valence-corrected chi connectivity index (χ3v) is 0. The minimum Gasteiger partial charge on any atom is -0.550 e. The van der Waals surface area contributed by atoms with Crippen molar-refractivity contribution in [3.05, 3.63) is 0 Å². The molecule has 0 saturated carbocycles. The SMILES string of the molecule is CC(=O)[O-].FC(F)F.[Ag+]. The van der Waals surface area contributed by atoms with E-state index >= 15 is 0 Å². The molecule has 2 nitrogen and oxygen atoms in total. The Kier molecular flexibility index (Phi) is 19.4. The van der Waals surface area contributed by atoms with Gasteiger partial charge in [0.1, 0.15) is 0 Å². The van der Waals surface area contributed by atoms with Gasteiger partial charge in [-0.2, -0.15) is 13.2 Å². The van der Waals surface area contributed by atoms with Crippen molar-refractivity contribution in [3.8, 4) is 0 Å². The molecule has 0 aromatic rings. The molecule has 0 fully saturated rings. The maximum atomic E-state index is 9.67. The molecule has 0 spiro atoms. The molecule has 0 bridgehead atoms. The van der Waals surface area contributed by atoms with E-state index in [1.165, 1.54) is 0 Å². The Hall–Kier alpha value is 0.000260. The monoisotopic (exact) mass is 236 g/mol. The van der Waals surface area contributed by atoms with Gasteiger partial charge in [-0.15, -0.1) is 0 Å². The Morgan fingerprint density at radius 3 is 1.44 bits per heavy atom. The van der Waals surface area contributed by atoms with Gasteiger partial charge in [0.2, 0.25) is 0 Å². The normalized spacial score (nSPS) is 6.78. The number of carbonyl (C=O) groups excluding carboxylic acids is 1. The third kappa shape index (κ3) is 4270000000. The Bertz CT molecular complexity index is 61.3. The minimum atomic E-state index is -3.67. The number of carboxylic acid groups (broad SMARTS) is 1. The second-order valence-corrected chi connectivity index (χ2v) is 0.739. The van der Waals surface area contributed by atoms with E-state index in [1.54, 1.807) is 0 Å². The molecule has 0 aromatic carbocycles. The van der Waals surface area contributed by atoms with Gasteiger partial charge >= 0.3 is 29.1 Å². The number of carboxylic acids is 1. The van der Waals surface area contributed by atoms with Gasteiger partial charge in [0.25, 0.3) is 0 Å². The Balaban J connectivity index is -0.0000000720. The van der Waals surface area contributed by atoms with Crippen LogP contribution in [0.4, 0.5) is 13.2 Å². The van der Waals surface area contributed by atoms with Crippen molar-refractivity contribution in [1.29, 1.82) is 0 Å². The molecule has 0 saturated heterocycles. The van der Waals surface area contributed by atoms with Crippen LogP contribution in [0.25, 0.3) is 0 Å². The standard InChI is InChI=1S/C2H4O2.CHF3.Ag/c1-2(3)4;2-1(3)4;/h1H3,(H,3,4);1H;/q;;+1/p-1.